The number of nitrogens with zero attached hydrogens (tertiary/aromatic N) is 2. The first kappa shape index (κ1) is 12.4. The van der Waals surface area contributed by atoms with Crippen molar-refractivity contribution < 1.29 is 9.18 Å². The number of halogens is 2. The van der Waals surface area contributed by atoms with Gasteiger partial charge in [-0.2, -0.15) is 0 Å². The van der Waals surface area contributed by atoms with E-state index in [1.807, 2.05) is 0 Å². The highest BCUT2D eigenvalue weighted by atomic mass is 35.5. The van der Waals surface area contributed by atoms with Gasteiger partial charge in [-0.1, -0.05) is 0 Å². The standard InChI is InChI=1S/C12H9ClFN3O/c13-12-16-4-3-8(17-12)6-11(18)7-1-2-9(14)10(15)5-7/h1-5H,6,15H2. The Kier molecular flexibility index (Phi) is 3.53. The lowest BCUT2D eigenvalue weighted by molar-refractivity contribution is 0.0992. The molecule has 0 atom stereocenters. The third-order valence-electron chi connectivity index (χ3n) is 2.34. The average molecular weight is 266 g/mol. The summed E-state index contributed by atoms with van der Waals surface area (Å²) in [4.78, 5) is 19.5. The first-order valence-electron chi connectivity index (χ1n) is 5.12. The maximum absolute atomic E-state index is 13.0. The smallest absolute Gasteiger partial charge is 0.222 e. The highest BCUT2D eigenvalue weighted by Crippen LogP contribution is 2.14. The molecule has 1 aromatic heterocycles. The summed E-state index contributed by atoms with van der Waals surface area (Å²) in [7, 11) is 0. The molecule has 0 unspecified atom stereocenters. The predicted molar refractivity (Wildman–Crippen MR) is 65.9 cm³/mol. The van der Waals surface area contributed by atoms with Crippen LogP contribution in [-0.4, -0.2) is 15.8 Å². The minimum atomic E-state index is -0.545. The number of nitrogens with two attached hydrogens (primary N) is 1. The quantitative estimate of drug-likeness (QED) is 0.525. The van der Waals surface area contributed by atoms with Crippen molar-refractivity contribution in [1.82, 2.24) is 9.97 Å². The van der Waals surface area contributed by atoms with Gasteiger partial charge in [-0.25, -0.2) is 14.4 Å². The van der Waals surface area contributed by atoms with Gasteiger partial charge in [0.05, 0.1) is 17.8 Å². The zero-order chi connectivity index (χ0) is 13.1. The first-order valence-corrected chi connectivity index (χ1v) is 5.49. The predicted octanol–water partition coefficient (Wildman–Crippen LogP) is 2.28. The van der Waals surface area contributed by atoms with E-state index in [9.17, 15) is 9.18 Å². The third-order valence-corrected chi connectivity index (χ3v) is 2.53. The number of anilines is 1. The zero-order valence-electron chi connectivity index (χ0n) is 9.23. The largest absolute Gasteiger partial charge is 0.396 e. The maximum Gasteiger partial charge on any atom is 0.222 e. The van der Waals surface area contributed by atoms with E-state index in [-0.39, 0.29) is 23.2 Å². The molecular formula is C12H9ClFN3O. The number of carbonyl (C=O) groups is 1. The highest BCUT2D eigenvalue weighted by molar-refractivity contribution is 6.28. The van der Waals surface area contributed by atoms with Gasteiger partial charge in [-0.15, -0.1) is 0 Å². The van der Waals surface area contributed by atoms with Crippen LogP contribution in [0, 0.1) is 5.82 Å². The van der Waals surface area contributed by atoms with Crippen LogP contribution in [0.2, 0.25) is 5.28 Å². The van der Waals surface area contributed by atoms with Crippen LogP contribution in [0.25, 0.3) is 0 Å². The van der Waals surface area contributed by atoms with Crippen molar-refractivity contribution in [3.63, 3.8) is 0 Å². The first-order chi connectivity index (χ1) is 8.56. The van der Waals surface area contributed by atoms with Crippen molar-refractivity contribution in [1.29, 1.82) is 0 Å². The number of nitrogen functional groups attached to an aromatic ring is 1. The SMILES string of the molecule is Nc1cc(C(=O)Cc2ccnc(Cl)n2)ccc1F. The molecule has 4 nitrogen and oxygen atoms in total. The summed E-state index contributed by atoms with van der Waals surface area (Å²) in [5.74, 6) is -0.756. The summed E-state index contributed by atoms with van der Waals surface area (Å²) in [6, 6.07) is 5.45. The van der Waals surface area contributed by atoms with Crippen LogP contribution in [0.15, 0.2) is 30.5 Å². The Balaban J connectivity index is 2.19. The van der Waals surface area contributed by atoms with Crippen molar-refractivity contribution >= 4 is 23.1 Å². The van der Waals surface area contributed by atoms with Gasteiger partial charge in [0, 0.05) is 11.8 Å². The number of hydrogen-bond acceptors (Lipinski definition) is 4. The van der Waals surface area contributed by atoms with Gasteiger partial charge in [-0.3, -0.25) is 4.79 Å². The molecule has 2 N–H and O–H groups in total. The number of ketones is 1. The second kappa shape index (κ2) is 5.10. The van der Waals surface area contributed by atoms with E-state index in [0.717, 1.165) is 6.07 Å². The third kappa shape index (κ3) is 2.81. The number of Topliss-reactive ketones (excluding diaryl/α,β-unsaturated/α-hetero) is 1. The summed E-state index contributed by atoms with van der Waals surface area (Å²) in [6.45, 7) is 0. The molecule has 1 heterocycles. The van der Waals surface area contributed by atoms with Crippen molar-refractivity contribution in [2.75, 3.05) is 5.73 Å². The Morgan fingerprint density at radius 1 is 1.39 bits per heavy atom. The monoisotopic (exact) mass is 265 g/mol. The molecule has 1 aromatic carbocycles. The van der Waals surface area contributed by atoms with Crippen LogP contribution < -0.4 is 5.73 Å². The van der Waals surface area contributed by atoms with Crippen LogP contribution in [-0.2, 0) is 6.42 Å². The van der Waals surface area contributed by atoms with Crippen LogP contribution >= 0.6 is 11.6 Å². The molecule has 0 spiro atoms. The van der Waals surface area contributed by atoms with Gasteiger partial charge in [0.15, 0.2) is 5.78 Å². The Labute approximate surface area is 108 Å². The van der Waals surface area contributed by atoms with E-state index in [2.05, 4.69) is 9.97 Å². The molecule has 18 heavy (non-hydrogen) atoms. The number of aromatic nitrogens is 2. The molecule has 2 rings (SSSR count). The Morgan fingerprint density at radius 3 is 2.83 bits per heavy atom. The molecule has 92 valence electrons. The van der Waals surface area contributed by atoms with Gasteiger partial charge in [0.25, 0.3) is 0 Å². The Morgan fingerprint density at radius 2 is 2.17 bits per heavy atom. The van der Waals surface area contributed by atoms with E-state index >= 15 is 0 Å². The van der Waals surface area contributed by atoms with Crippen molar-refractivity contribution in [3.8, 4) is 0 Å². The minimum absolute atomic E-state index is 0.0541. The molecular weight excluding hydrogens is 257 g/mol. The van der Waals surface area contributed by atoms with Gasteiger partial charge in [0.1, 0.15) is 5.82 Å². The van der Waals surface area contributed by atoms with Crippen molar-refractivity contribution in [2.24, 2.45) is 0 Å². The molecule has 6 heteroatoms. The summed E-state index contributed by atoms with van der Waals surface area (Å²) >= 11 is 5.62. The lowest BCUT2D eigenvalue weighted by Gasteiger charge is -2.03. The molecule has 0 amide bonds. The molecule has 0 fully saturated rings. The summed E-state index contributed by atoms with van der Waals surface area (Å²) < 4.78 is 13.0. The molecule has 0 aliphatic carbocycles. The fourth-order valence-electron chi connectivity index (χ4n) is 1.45. The van der Waals surface area contributed by atoms with Gasteiger partial charge in [-0.05, 0) is 35.9 Å². The van der Waals surface area contributed by atoms with E-state index in [1.54, 1.807) is 6.07 Å². The summed E-state index contributed by atoms with van der Waals surface area (Å²) in [5.41, 5.74) is 6.19. The average Bonchev–Trinajstić information content (AvgIpc) is 2.32. The number of hydrogen-bond donors (Lipinski definition) is 1. The van der Waals surface area contributed by atoms with Gasteiger partial charge in [0.2, 0.25) is 5.28 Å². The molecule has 0 saturated heterocycles. The van der Waals surface area contributed by atoms with Crippen LogP contribution in [0.1, 0.15) is 16.1 Å². The van der Waals surface area contributed by atoms with Crippen LogP contribution in [0.4, 0.5) is 10.1 Å². The van der Waals surface area contributed by atoms with E-state index < -0.39 is 5.82 Å². The Hall–Kier alpha value is -2.01. The lowest BCUT2D eigenvalue weighted by Crippen LogP contribution is -2.06. The van der Waals surface area contributed by atoms with E-state index in [0.29, 0.717) is 11.3 Å². The van der Waals surface area contributed by atoms with Crippen LogP contribution in [0.5, 0.6) is 0 Å². The van der Waals surface area contributed by atoms with Gasteiger partial charge < -0.3 is 5.73 Å². The van der Waals surface area contributed by atoms with Crippen molar-refractivity contribution in [3.05, 3.63) is 52.8 Å². The number of benzene rings is 1. The molecule has 0 aliphatic rings. The topological polar surface area (TPSA) is 68.9 Å². The van der Waals surface area contributed by atoms with Crippen LogP contribution in [0.3, 0.4) is 0 Å². The molecule has 0 aliphatic heterocycles. The molecule has 0 bridgehead atoms. The minimum Gasteiger partial charge on any atom is -0.396 e. The maximum atomic E-state index is 13.0. The molecule has 2 aromatic rings. The number of carbonyl (C=O) groups excluding carboxylic acids is 1. The zero-order valence-corrected chi connectivity index (χ0v) is 9.99. The van der Waals surface area contributed by atoms with Crippen molar-refractivity contribution in [2.45, 2.75) is 6.42 Å². The second-order valence-electron chi connectivity index (χ2n) is 3.65. The summed E-state index contributed by atoms with van der Waals surface area (Å²) in [6.07, 6.45) is 1.53. The fourth-order valence-corrected chi connectivity index (χ4v) is 1.62. The van der Waals surface area contributed by atoms with Gasteiger partial charge >= 0.3 is 0 Å². The summed E-state index contributed by atoms with van der Waals surface area (Å²) in [5, 5.41) is 0.0823. The normalized spacial score (nSPS) is 10.3. The van der Waals surface area contributed by atoms with E-state index in [1.165, 1.54) is 18.3 Å². The molecule has 0 saturated carbocycles. The number of rotatable bonds is 3. The second-order valence-corrected chi connectivity index (χ2v) is 3.99. The lowest BCUT2D eigenvalue weighted by atomic mass is 10.1. The highest BCUT2D eigenvalue weighted by Gasteiger charge is 2.10. The van der Waals surface area contributed by atoms with E-state index in [4.69, 9.17) is 17.3 Å². The Bertz CT molecular complexity index is 604. The fraction of sp³-hybridized carbons (Fsp3) is 0.0833. The molecule has 0 radical (unpaired) electrons.